The van der Waals surface area contributed by atoms with Gasteiger partial charge in [0, 0.05) is 17.9 Å². The van der Waals surface area contributed by atoms with Crippen LogP contribution in [0, 0.1) is 0 Å². The number of aromatic nitrogens is 4. The van der Waals surface area contributed by atoms with E-state index >= 15 is 0 Å². The molecule has 2 heterocycles. The number of aryl methyl sites for hydroxylation is 1. The largest absolute Gasteiger partial charge is 0.385 e. The molecule has 3 N–H and O–H groups in total. The Labute approximate surface area is 103 Å². The van der Waals surface area contributed by atoms with Gasteiger partial charge in [-0.2, -0.15) is 5.21 Å². The summed E-state index contributed by atoms with van der Waals surface area (Å²) in [5, 5.41) is 18.9. The van der Waals surface area contributed by atoms with Gasteiger partial charge in [-0.15, -0.1) is 10.2 Å². The van der Waals surface area contributed by atoms with Gasteiger partial charge in [-0.05, 0) is 41.8 Å². The van der Waals surface area contributed by atoms with Crippen LogP contribution in [0.4, 0.5) is 11.4 Å². The number of tetrazole rings is 1. The highest BCUT2D eigenvalue weighted by molar-refractivity contribution is 6.01. The smallest absolute Gasteiger partial charge is 0.297 e. The molecule has 1 aromatic carbocycles. The molecule has 1 amide bonds. The molecule has 2 aromatic rings. The van der Waals surface area contributed by atoms with Gasteiger partial charge in [-0.25, -0.2) is 0 Å². The van der Waals surface area contributed by atoms with Crippen molar-refractivity contribution in [1.29, 1.82) is 0 Å². The number of carbonyl (C=O) groups is 1. The number of carbonyl (C=O) groups excluding carboxylic acids is 1. The molecule has 1 aliphatic heterocycles. The number of nitrogens with one attached hydrogen (secondary N) is 3. The number of fused-ring (bicyclic) bond motifs is 1. The van der Waals surface area contributed by atoms with E-state index in [9.17, 15) is 4.79 Å². The maximum absolute atomic E-state index is 11.7. The molecule has 0 bridgehead atoms. The Balaban J connectivity index is 1.79. The van der Waals surface area contributed by atoms with E-state index in [0.717, 1.165) is 30.8 Å². The highest BCUT2D eigenvalue weighted by Gasteiger charge is 2.13. The van der Waals surface area contributed by atoms with Crippen LogP contribution in [0.5, 0.6) is 0 Å². The summed E-state index contributed by atoms with van der Waals surface area (Å²) in [7, 11) is 0. The first-order chi connectivity index (χ1) is 8.83. The molecule has 0 radical (unpaired) electrons. The van der Waals surface area contributed by atoms with Gasteiger partial charge in [0.1, 0.15) is 0 Å². The summed E-state index contributed by atoms with van der Waals surface area (Å²) >= 11 is 0. The summed E-state index contributed by atoms with van der Waals surface area (Å²) in [6.45, 7) is 1.00. The number of amides is 1. The minimum atomic E-state index is -0.368. The molecule has 7 heteroatoms. The van der Waals surface area contributed by atoms with Crippen molar-refractivity contribution >= 4 is 17.3 Å². The Hall–Kier alpha value is -2.44. The lowest BCUT2D eigenvalue weighted by Crippen LogP contribution is -2.15. The summed E-state index contributed by atoms with van der Waals surface area (Å²) < 4.78 is 0. The number of rotatable bonds is 2. The van der Waals surface area contributed by atoms with Gasteiger partial charge in [0.2, 0.25) is 0 Å². The first-order valence-corrected chi connectivity index (χ1v) is 5.74. The van der Waals surface area contributed by atoms with Crippen molar-refractivity contribution in [2.45, 2.75) is 12.8 Å². The average molecular weight is 244 g/mol. The first kappa shape index (κ1) is 10.7. The molecule has 0 saturated carbocycles. The molecule has 0 saturated heterocycles. The molecule has 0 fully saturated rings. The van der Waals surface area contributed by atoms with Crippen LogP contribution in [0.15, 0.2) is 18.2 Å². The van der Waals surface area contributed by atoms with Crippen LogP contribution >= 0.6 is 0 Å². The SMILES string of the molecule is O=C(Nc1ccc2c(c1)CCCN2)c1nn[nH]n1. The highest BCUT2D eigenvalue weighted by Crippen LogP contribution is 2.25. The van der Waals surface area contributed by atoms with Gasteiger partial charge >= 0.3 is 0 Å². The van der Waals surface area contributed by atoms with Gasteiger partial charge in [0.15, 0.2) is 0 Å². The summed E-state index contributed by atoms with van der Waals surface area (Å²) in [5.41, 5.74) is 3.10. The number of aromatic amines is 1. The van der Waals surface area contributed by atoms with Crippen molar-refractivity contribution in [2.75, 3.05) is 17.2 Å². The number of hydrogen-bond acceptors (Lipinski definition) is 5. The topological polar surface area (TPSA) is 95.6 Å². The van der Waals surface area contributed by atoms with E-state index in [4.69, 9.17) is 0 Å². The molecule has 18 heavy (non-hydrogen) atoms. The Morgan fingerprint density at radius 3 is 3.17 bits per heavy atom. The van der Waals surface area contributed by atoms with Crippen LogP contribution in [0.2, 0.25) is 0 Å². The predicted molar refractivity (Wildman–Crippen MR) is 65.4 cm³/mol. The third-order valence-corrected chi connectivity index (χ3v) is 2.85. The van der Waals surface area contributed by atoms with Crippen molar-refractivity contribution in [3.63, 3.8) is 0 Å². The fourth-order valence-corrected chi connectivity index (χ4v) is 2.00. The molecule has 7 nitrogen and oxygen atoms in total. The van der Waals surface area contributed by atoms with Crippen molar-refractivity contribution in [3.8, 4) is 0 Å². The van der Waals surface area contributed by atoms with Crippen molar-refractivity contribution < 1.29 is 4.79 Å². The maximum Gasteiger partial charge on any atom is 0.297 e. The molecule has 1 aliphatic rings. The van der Waals surface area contributed by atoms with Gasteiger partial charge in [0.25, 0.3) is 11.7 Å². The number of H-pyrrole nitrogens is 1. The first-order valence-electron chi connectivity index (χ1n) is 5.74. The second-order valence-corrected chi connectivity index (χ2v) is 4.09. The van der Waals surface area contributed by atoms with Gasteiger partial charge in [0.05, 0.1) is 0 Å². The molecule has 0 aliphatic carbocycles. The van der Waals surface area contributed by atoms with E-state index in [1.165, 1.54) is 5.56 Å². The van der Waals surface area contributed by atoms with E-state index in [0.29, 0.717) is 0 Å². The summed E-state index contributed by atoms with van der Waals surface area (Å²) in [5.74, 6) is -0.335. The van der Waals surface area contributed by atoms with Crippen LogP contribution in [0.3, 0.4) is 0 Å². The fraction of sp³-hybridized carbons (Fsp3) is 0.273. The van der Waals surface area contributed by atoms with Gasteiger partial charge in [-0.3, -0.25) is 4.79 Å². The summed E-state index contributed by atoms with van der Waals surface area (Å²) in [4.78, 5) is 11.7. The summed E-state index contributed by atoms with van der Waals surface area (Å²) in [6.07, 6.45) is 2.13. The van der Waals surface area contributed by atoms with E-state index in [1.54, 1.807) is 0 Å². The van der Waals surface area contributed by atoms with Crippen LogP contribution in [-0.2, 0) is 6.42 Å². The van der Waals surface area contributed by atoms with Crippen LogP contribution in [0.1, 0.15) is 22.6 Å². The quantitative estimate of drug-likeness (QED) is 0.726. The molecule has 0 unspecified atom stereocenters. The predicted octanol–water partition coefficient (Wildman–Crippen LogP) is 0.810. The number of anilines is 2. The monoisotopic (exact) mass is 244 g/mol. The second-order valence-electron chi connectivity index (χ2n) is 4.09. The third kappa shape index (κ3) is 2.02. The summed E-state index contributed by atoms with van der Waals surface area (Å²) in [6, 6.07) is 5.80. The molecule has 0 atom stereocenters. The number of nitrogens with zero attached hydrogens (tertiary/aromatic N) is 3. The van der Waals surface area contributed by atoms with E-state index in [1.807, 2.05) is 18.2 Å². The van der Waals surface area contributed by atoms with E-state index < -0.39 is 0 Å². The lowest BCUT2D eigenvalue weighted by molar-refractivity contribution is 0.101. The van der Waals surface area contributed by atoms with Crippen LogP contribution < -0.4 is 10.6 Å². The Kier molecular flexibility index (Phi) is 2.64. The third-order valence-electron chi connectivity index (χ3n) is 2.85. The lowest BCUT2D eigenvalue weighted by atomic mass is 10.0. The minimum Gasteiger partial charge on any atom is -0.385 e. The van der Waals surface area contributed by atoms with Crippen molar-refractivity contribution in [2.24, 2.45) is 0 Å². The van der Waals surface area contributed by atoms with Gasteiger partial charge in [-0.1, -0.05) is 0 Å². The lowest BCUT2D eigenvalue weighted by Gasteiger charge is -2.18. The second kappa shape index (κ2) is 4.44. The zero-order valence-corrected chi connectivity index (χ0v) is 9.60. The van der Waals surface area contributed by atoms with Gasteiger partial charge < -0.3 is 10.6 Å². The molecular weight excluding hydrogens is 232 g/mol. The van der Waals surface area contributed by atoms with Crippen molar-refractivity contribution in [1.82, 2.24) is 20.6 Å². The molecule has 3 rings (SSSR count). The minimum absolute atomic E-state index is 0.0332. The highest BCUT2D eigenvalue weighted by atomic mass is 16.2. The van der Waals surface area contributed by atoms with E-state index in [-0.39, 0.29) is 11.7 Å². The maximum atomic E-state index is 11.7. The number of benzene rings is 1. The van der Waals surface area contributed by atoms with E-state index in [2.05, 4.69) is 31.3 Å². The molecular formula is C11H12N6O. The fourth-order valence-electron chi connectivity index (χ4n) is 2.00. The van der Waals surface area contributed by atoms with Crippen LogP contribution in [0.25, 0.3) is 0 Å². The van der Waals surface area contributed by atoms with Crippen molar-refractivity contribution in [3.05, 3.63) is 29.6 Å². The Morgan fingerprint density at radius 1 is 1.39 bits per heavy atom. The molecule has 0 spiro atoms. The molecule has 92 valence electrons. The van der Waals surface area contributed by atoms with Crippen LogP contribution in [-0.4, -0.2) is 33.1 Å². The normalized spacial score (nSPS) is 13.6. The molecule has 1 aromatic heterocycles. The Morgan fingerprint density at radius 2 is 2.33 bits per heavy atom. The number of hydrogen-bond donors (Lipinski definition) is 3. The standard InChI is InChI=1S/C11H12N6O/c18-11(10-14-16-17-15-10)13-8-3-4-9-7(6-8)2-1-5-12-9/h3-4,6,12H,1-2,5H2,(H,13,18)(H,14,15,16,17). The average Bonchev–Trinajstić information content (AvgIpc) is 2.92. The Bertz CT molecular complexity index is 565. The zero-order chi connectivity index (χ0) is 12.4. The zero-order valence-electron chi connectivity index (χ0n) is 9.60.